The van der Waals surface area contributed by atoms with Gasteiger partial charge in [0.1, 0.15) is 5.60 Å². The van der Waals surface area contributed by atoms with Gasteiger partial charge in [-0.05, 0) is 27.7 Å². The second kappa shape index (κ2) is 4.70. The second-order valence-electron chi connectivity index (χ2n) is 6.08. The third kappa shape index (κ3) is 2.95. The van der Waals surface area contributed by atoms with Crippen molar-refractivity contribution in [3.8, 4) is 0 Å². The molecule has 2 rings (SSSR count). The van der Waals surface area contributed by atoms with Gasteiger partial charge in [0.15, 0.2) is 5.79 Å². The summed E-state index contributed by atoms with van der Waals surface area (Å²) in [6.45, 7) is 9.57. The summed E-state index contributed by atoms with van der Waals surface area (Å²) < 4.78 is 16.8. The molecule has 0 aliphatic carbocycles. The van der Waals surface area contributed by atoms with Crippen LogP contribution in [0.3, 0.4) is 0 Å². The van der Waals surface area contributed by atoms with E-state index in [0.717, 1.165) is 6.42 Å². The number of hydrogen-bond acceptors (Lipinski definition) is 4. The van der Waals surface area contributed by atoms with Crippen LogP contribution in [0.25, 0.3) is 0 Å². The first-order chi connectivity index (χ1) is 8.31. The van der Waals surface area contributed by atoms with E-state index >= 15 is 0 Å². The Morgan fingerprint density at radius 1 is 1.33 bits per heavy atom. The molecule has 2 saturated heterocycles. The molecule has 2 fully saturated rings. The normalized spacial score (nSPS) is 27.6. The van der Waals surface area contributed by atoms with Gasteiger partial charge in [0.05, 0.1) is 13.2 Å². The Bertz CT molecular complexity index is 317. The standard InChI is InChI=1S/C13H23NO4/c1-10-9-13(16-7-8-17-13)5-6-14(10)11(15)18-12(2,3)4/h10H,5-9H2,1-4H3/t10-/m0/s1. The monoisotopic (exact) mass is 257 g/mol. The topological polar surface area (TPSA) is 48.0 Å². The van der Waals surface area contributed by atoms with E-state index in [1.54, 1.807) is 4.90 Å². The summed E-state index contributed by atoms with van der Waals surface area (Å²) in [5, 5.41) is 0. The number of rotatable bonds is 0. The molecule has 0 aromatic heterocycles. The van der Waals surface area contributed by atoms with E-state index in [-0.39, 0.29) is 12.1 Å². The number of carbonyl (C=O) groups is 1. The van der Waals surface area contributed by atoms with Crippen molar-refractivity contribution >= 4 is 6.09 Å². The molecule has 0 radical (unpaired) electrons. The molecule has 0 N–H and O–H groups in total. The van der Waals surface area contributed by atoms with E-state index in [1.165, 1.54) is 0 Å². The largest absolute Gasteiger partial charge is 0.444 e. The van der Waals surface area contributed by atoms with E-state index < -0.39 is 11.4 Å². The maximum atomic E-state index is 12.0. The maximum Gasteiger partial charge on any atom is 0.410 e. The van der Waals surface area contributed by atoms with Crippen LogP contribution in [-0.2, 0) is 14.2 Å². The minimum atomic E-state index is -0.460. The van der Waals surface area contributed by atoms with Crippen molar-refractivity contribution in [2.75, 3.05) is 19.8 Å². The van der Waals surface area contributed by atoms with E-state index in [4.69, 9.17) is 14.2 Å². The number of nitrogens with zero attached hydrogens (tertiary/aromatic N) is 1. The van der Waals surface area contributed by atoms with Gasteiger partial charge in [-0.2, -0.15) is 0 Å². The molecule has 1 atom stereocenters. The van der Waals surface area contributed by atoms with Crippen LogP contribution in [0.4, 0.5) is 4.79 Å². The van der Waals surface area contributed by atoms with E-state index in [1.807, 2.05) is 27.7 Å². The molecule has 2 heterocycles. The zero-order chi connectivity index (χ0) is 13.4. The lowest BCUT2D eigenvalue weighted by Crippen LogP contribution is -2.53. The number of ether oxygens (including phenoxy) is 3. The van der Waals surface area contributed by atoms with Crippen molar-refractivity contribution in [3.63, 3.8) is 0 Å². The zero-order valence-electron chi connectivity index (χ0n) is 11.7. The SMILES string of the molecule is C[C@H]1CC2(CCN1C(=O)OC(C)(C)C)OCCO2. The maximum absolute atomic E-state index is 12.0. The van der Waals surface area contributed by atoms with Crippen LogP contribution >= 0.6 is 0 Å². The van der Waals surface area contributed by atoms with Crippen LogP contribution < -0.4 is 0 Å². The Morgan fingerprint density at radius 3 is 2.44 bits per heavy atom. The minimum absolute atomic E-state index is 0.0756. The first kappa shape index (κ1) is 13.6. The van der Waals surface area contributed by atoms with Crippen LogP contribution in [0.2, 0.25) is 0 Å². The lowest BCUT2D eigenvalue weighted by molar-refractivity contribution is -0.192. The van der Waals surface area contributed by atoms with E-state index in [0.29, 0.717) is 26.2 Å². The second-order valence-corrected chi connectivity index (χ2v) is 6.08. The summed E-state index contributed by atoms with van der Waals surface area (Å²) in [5.74, 6) is -0.460. The zero-order valence-corrected chi connectivity index (χ0v) is 11.7. The molecule has 0 aromatic carbocycles. The van der Waals surface area contributed by atoms with Gasteiger partial charge in [-0.15, -0.1) is 0 Å². The summed E-state index contributed by atoms with van der Waals surface area (Å²) in [4.78, 5) is 13.8. The van der Waals surface area contributed by atoms with Crippen molar-refractivity contribution in [2.24, 2.45) is 0 Å². The smallest absolute Gasteiger partial charge is 0.410 e. The highest BCUT2D eigenvalue weighted by Crippen LogP contribution is 2.34. The minimum Gasteiger partial charge on any atom is -0.444 e. The molecule has 5 heteroatoms. The van der Waals surface area contributed by atoms with Gasteiger partial charge in [-0.1, -0.05) is 0 Å². The molecule has 2 aliphatic heterocycles. The predicted octanol–water partition coefficient (Wildman–Crippen LogP) is 2.15. The van der Waals surface area contributed by atoms with E-state index in [9.17, 15) is 4.79 Å². The lowest BCUT2D eigenvalue weighted by Gasteiger charge is -2.42. The predicted molar refractivity (Wildman–Crippen MR) is 66.3 cm³/mol. The average Bonchev–Trinajstić information content (AvgIpc) is 2.63. The fourth-order valence-corrected chi connectivity index (χ4v) is 2.52. The van der Waals surface area contributed by atoms with Gasteiger partial charge in [0, 0.05) is 25.4 Å². The molecule has 1 spiro atoms. The van der Waals surface area contributed by atoms with Crippen molar-refractivity contribution in [2.45, 2.75) is 58.0 Å². The highest BCUT2D eigenvalue weighted by atomic mass is 16.7. The first-order valence-electron chi connectivity index (χ1n) is 6.59. The number of piperidine rings is 1. The third-order valence-corrected chi connectivity index (χ3v) is 3.31. The highest BCUT2D eigenvalue weighted by Gasteiger charge is 2.44. The van der Waals surface area contributed by atoms with E-state index in [2.05, 4.69) is 0 Å². The average molecular weight is 257 g/mol. The van der Waals surface area contributed by atoms with Crippen LogP contribution in [-0.4, -0.2) is 48.2 Å². The number of hydrogen-bond donors (Lipinski definition) is 0. The van der Waals surface area contributed by atoms with Gasteiger partial charge < -0.3 is 19.1 Å². The molecule has 2 aliphatic rings. The molecule has 0 aromatic rings. The summed E-state index contributed by atoms with van der Waals surface area (Å²) in [7, 11) is 0. The quantitative estimate of drug-likeness (QED) is 0.667. The summed E-state index contributed by atoms with van der Waals surface area (Å²) in [5.41, 5.74) is -0.452. The van der Waals surface area contributed by atoms with Crippen LogP contribution in [0.15, 0.2) is 0 Å². The van der Waals surface area contributed by atoms with Gasteiger partial charge >= 0.3 is 6.09 Å². The van der Waals surface area contributed by atoms with Gasteiger partial charge in [-0.25, -0.2) is 4.79 Å². The number of amides is 1. The molecule has 0 bridgehead atoms. The molecule has 104 valence electrons. The molecular formula is C13H23NO4. The van der Waals surface area contributed by atoms with Crippen molar-refractivity contribution in [3.05, 3.63) is 0 Å². The Balaban J connectivity index is 1.95. The fraction of sp³-hybridized carbons (Fsp3) is 0.923. The Kier molecular flexibility index (Phi) is 3.56. The first-order valence-corrected chi connectivity index (χ1v) is 6.59. The third-order valence-electron chi connectivity index (χ3n) is 3.31. The molecular weight excluding hydrogens is 234 g/mol. The van der Waals surface area contributed by atoms with Crippen molar-refractivity contribution in [1.82, 2.24) is 4.90 Å². The fourth-order valence-electron chi connectivity index (χ4n) is 2.52. The van der Waals surface area contributed by atoms with Gasteiger partial charge in [0.25, 0.3) is 0 Å². The number of carbonyl (C=O) groups excluding carboxylic acids is 1. The number of likely N-dealkylation sites (tertiary alicyclic amines) is 1. The van der Waals surface area contributed by atoms with Crippen LogP contribution in [0.1, 0.15) is 40.5 Å². The van der Waals surface area contributed by atoms with Gasteiger partial charge in [0.2, 0.25) is 0 Å². The molecule has 0 unspecified atom stereocenters. The Hall–Kier alpha value is -0.810. The van der Waals surface area contributed by atoms with Crippen LogP contribution in [0.5, 0.6) is 0 Å². The Morgan fingerprint density at radius 2 is 1.94 bits per heavy atom. The molecule has 0 saturated carbocycles. The van der Waals surface area contributed by atoms with Crippen molar-refractivity contribution in [1.29, 1.82) is 0 Å². The van der Waals surface area contributed by atoms with Crippen molar-refractivity contribution < 1.29 is 19.0 Å². The molecule has 1 amide bonds. The molecule has 5 nitrogen and oxygen atoms in total. The lowest BCUT2D eigenvalue weighted by atomic mass is 9.97. The summed E-state index contributed by atoms with van der Waals surface area (Å²) >= 11 is 0. The van der Waals surface area contributed by atoms with Gasteiger partial charge in [-0.3, -0.25) is 0 Å². The summed E-state index contributed by atoms with van der Waals surface area (Å²) in [6.07, 6.45) is 1.19. The Labute approximate surface area is 108 Å². The molecule has 18 heavy (non-hydrogen) atoms. The highest BCUT2D eigenvalue weighted by molar-refractivity contribution is 5.68. The summed E-state index contributed by atoms with van der Waals surface area (Å²) in [6, 6.07) is 0.0756. The van der Waals surface area contributed by atoms with Crippen LogP contribution in [0, 0.1) is 0 Å².